The van der Waals surface area contributed by atoms with Crippen LogP contribution < -0.4 is 10.9 Å². The van der Waals surface area contributed by atoms with Crippen molar-refractivity contribution in [2.24, 2.45) is 0 Å². The highest BCUT2D eigenvalue weighted by molar-refractivity contribution is 5.99. The number of benzene rings is 2. The Morgan fingerprint density at radius 2 is 1.89 bits per heavy atom. The van der Waals surface area contributed by atoms with Crippen LogP contribution in [-0.4, -0.2) is 63.1 Å². The van der Waals surface area contributed by atoms with Crippen molar-refractivity contribution in [3.05, 3.63) is 75.2 Å². The van der Waals surface area contributed by atoms with Gasteiger partial charge in [0, 0.05) is 23.5 Å². The Morgan fingerprint density at radius 3 is 2.64 bits per heavy atom. The minimum absolute atomic E-state index is 0.00184. The molecule has 3 aliphatic rings. The number of carbonyl (C=O) groups excluding carboxylic acids is 1. The van der Waals surface area contributed by atoms with E-state index in [-0.39, 0.29) is 36.1 Å². The predicted molar refractivity (Wildman–Crippen MR) is 136 cm³/mol. The Morgan fingerprint density at radius 1 is 1.14 bits per heavy atom. The van der Waals surface area contributed by atoms with E-state index in [9.17, 15) is 14.7 Å². The van der Waals surface area contributed by atoms with Gasteiger partial charge in [0.25, 0.3) is 11.5 Å². The first-order valence-electron chi connectivity index (χ1n) is 13.0. The number of aromatic nitrogens is 2. The Kier molecular flexibility index (Phi) is 6.11. The van der Waals surface area contributed by atoms with Crippen LogP contribution in [0.1, 0.15) is 46.9 Å². The topological polar surface area (TPSA) is 96.7 Å². The maximum atomic E-state index is 13.4. The van der Waals surface area contributed by atoms with Crippen molar-refractivity contribution in [3.63, 3.8) is 0 Å². The zero-order valence-electron chi connectivity index (χ0n) is 20.5. The Bertz CT molecular complexity index is 1350. The molecule has 2 fully saturated rings. The van der Waals surface area contributed by atoms with Crippen LogP contribution in [0.4, 0.5) is 0 Å². The number of rotatable bonds is 5. The summed E-state index contributed by atoms with van der Waals surface area (Å²) in [6.45, 7) is 3.97. The van der Waals surface area contributed by atoms with Gasteiger partial charge in [-0.1, -0.05) is 31.2 Å². The van der Waals surface area contributed by atoms with E-state index in [0.29, 0.717) is 48.9 Å². The average Bonchev–Trinajstić information content (AvgIpc) is 3.16. The van der Waals surface area contributed by atoms with Crippen LogP contribution in [-0.2, 0) is 30.7 Å². The summed E-state index contributed by atoms with van der Waals surface area (Å²) in [6.07, 6.45) is 2.50. The summed E-state index contributed by atoms with van der Waals surface area (Å²) in [5.74, 6) is -0.00184. The number of nitrogens with zero attached hydrogens (tertiary/aromatic N) is 3. The zero-order valence-corrected chi connectivity index (χ0v) is 20.5. The number of carbonyl (C=O) groups is 1. The third-order valence-corrected chi connectivity index (χ3v) is 8.03. The van der Waals surface area contributed by atoms with Crippen LogP contribution in [0.5, 0.6) is 0 Å². The molecule has 2 saturated heterocycles. The standard InChI is InChI=1S/C28H32N4O4/c1-2-24-23-11-18(27(34)32-20-8-9-21(32)16-36-15-20)7-10-22(23)28(35)31(30-24)14-26(33)25-12-17-5-3-4-6-19(17)13-29-25/h3-7,10-11,20-21,25-26,29,33H,2,8-9,12-16H2,1H3/t20?,21?,25-,26+/m0/s1. The number of aliphatic hydroxyl groups excluding tert-OH is 1. The number of hydrogen-bond acceptors (Lipinski definition) is 6. The SMILES string of the molecule is CCc1nn(C[C@@H](O)[C@@H]2Cc3ccccc3CN2)c(=O)c2ccc(C(=O)N3C4CCC3COC4)cc12. The first kappa shape index (κ1) is 23.3. The number of nitrogens with one attached hydrogen (secondary N) is 1. The first-order valence-corrected chi connectivity index (χ1v) is 13.0. The molecule has 2 N–H and O–H groups in total. The average molecular weight is 489 g/mol. The van der Waals surface area contributed by atoms with Crippen LogP contribution in [0.2, 0.25) is 0 Å². The summed E-state index contributed by atoms with van der Waals surface area (Å²) in [6, 6.07) is 13.6. The second kappa shape index (κ2) is 9.42. The summed E-state index contributed by atoms with van der Waals surface area (Å²) in [5.41, 5.74) is 3.55. The molecule has 2 unspecified atom stereocenters. The van der Waals surface area contributed by atoms with E-state index < -0.39 is 6.10 Å². The van der Waals surface area contributed by atoms with Gasteiger partial charge in [-0.05, 0) is 55.0 Å². The van der Waals surface area contributed by atoms with Crippen molar-refractivity contribution >= 4 is 16.7 Å². The van der Waals surface area contributed by atoms with Gasteiger partial charge in [0.05, 0.1) is 49.0 Å². The van der Waals surface area contributed by atoms with Crippen molar-refractivity contribution < 1.29 is 14.6 Å². The Balaban J connectivity index is 1.27. The lowest BCUT2D eigenvalue weighted by Gasteiger charge is -2.34. The fourth-order valence-electron chi connectivity index (χ4n) is 6.04. The van der Waals surface area contributed by atoms with Gasteiger partial charge < -0.3 is 20.1 Å². The second-order valence-electron chi connectivity index (χ2n) is 10.2. The number of fused-ring (bicyclic) bond motifs is 4. The van der Waals surface area contributed by atoms with Gasteiger partial charge in [-0.25, -0.2) is 4.68 Å². The minimum Gasteiger partial charge on any atom is -0.390 e. The van der Waals surface area contributed by atoms with E-state index in [1.54, 1.807) is 12.1 Å². The number of amides is 1. The van der Waals surface area contributed by atoms with Crippen LogP contribution in [0.25, 0.3) is 10.8 Å². The smallest absolute Gasteiger partial charge is 0.274 e. The monoisotopic (exact) mass is 488 g/mol. The molecule has 8 nitrogen and oxygen atoms in total. The molecule has 0 spiro atoms. The number of aliphatic hydroxyl groups is 1. The van der Waals surface area contributed by atoms with Gasteiger partial charge in [0.1, 0.15) is 0 Å². The highest BCUT2D eigenvalue weighted by Crippen LogP contribution is 2.31. The van der Waals surface area contributed by atoms with E-state index in [1.807, 2.05) is 30.0 Å². The van der Waals surface area contributed by atoms with Gasteiger partial charge in [-0.3, -0.25) is 9.59 Å². The van der Waals surface area contributed by atoms with Crippen molar-refractivity contribution in [1.82, 2.24) is 20.0 Å². The second-order valence-corrected chi connectivity index (χ2v) is 10.2. The van der Waals surface area contributed by atoms with E-state index in [2.05, 4.69) is 22.5 Å². The maximum absolute atomic E-state index is 13.4. The molecule has 0 radical (unpaired) electrons. The molecule has 8 heteroatoms. The summed E-state index contributed by atoms with van der Waals surface area (Å²) < 4.78 is 7.01. The highest BCUT2D eigenvalue weighted by Gasteiger charge is 2.40. The van der Waals surface area contributed by atoms with E-state index in [0.717, 1.165) is 18.5 Å². The highest BCUT2D eigenvalue weighted by atomic mass is 16.5. The first-order chi connectivity index (χ1) is 17.5. The summed E-state index contributed by atoms with van der Waals surface area (Å²) >= 11 is 0. The fourth-order valence-corrected chi connectivity index (χ4v) is 6.04. The number of hydrogen-bond donors (Lipinski definition) is 2. The molecule has 1 amide bonds. The third-order valence-electron chi connectivity index (χ3n) is 8.03. The Labute approximate surface area is 209 Å². The van der Waals surface area contributed by atoms with Gasteiger partial charge in [0.2, 0.25) is 0 Å². The molecule has 3 aliphatic heterocycles. The van der Waals surface area contributed by atoms with Crippen molar-refractivity contribution in [2.75, 3.05) is 13.2 Å². The molecular formula is C28H32N4O4. The van der Waals surface area contributed by atoms with Crippen molar-refractivity contribution in [3.8, 4) is 0 Å². The lowest BCUT2D eigenvalue weighted by molar-refractivity contribution is -0.00714. The van der Waals surface area contributed by atoms with Crippen molar-refractivity contribution in [1.29, 1.82) is 0 Å². The van der Waals surface area contributed by atoms with E-state index in [1.165, 1.54) is 15.8 Å². The molecule has 4 heterocycles. The van der Waals surface area contributed by atoms with Crippen LogP contribution in [0.3, 0.4) is 0 Å². The van der Waals surface area contributed by atoms with Crippen LogP contribution >= 0.6 is 0 Å². The zero-order chi connectivity index (χ0) is 24.8. The van der Waals surface area contributed by atoms with Gasteiger partial charge in [-0.2, -0.15) is 5.10 Å². The largest absolute Gasteiger partial charge is 0.390 e. The molecule has 36 heavy (non-hydrogen) atoms. The molecular weight excluding hydrogens is 456 g/mol. The summed E-state index contributed by atoms with van der Waals surface area (Å²) in [4.78, 5) is 28.7. The Hall–Kier alpha value is -3.07. The van der Waals surface area contributed by atoms with Crippen LogP contribution in [0.15, 0.2) is 47.3 Å². The minimum atomic E-state index is -0.761. The molecule has 4 atom stereocenters. The predicted octanol–water partition coefficient (Wildman–Crippen LogP) is 2.04. The van der Waals surface area contributed by atoms with Gasteiger partial charge >= 0.3 is 0 Å². The summed E-state index contributed by atoms with van der Waals surface area (Å²) in [7, 11) is 0. The quantitative estimate of drug-likeness (QED) is 0.571. The molecule has 0 saturated carbocycles. The molecule has 6 rings (SSSR count). The van der Waals surface area contributed by atoms with Crippen LogP contribution in [0, 0.1) is 0 Å². The van der Waals surface area contributed by atoms with Gasteiger partial charge in [-0.15, -0.1) is 0 Å². The van der Waals surface area contributed by atoms with E-state index >= 15 is 0 Å². The molecule has 1 aromatic heterocycles. The fraction of sp³-hybridized carbons (Fsp3) is 0.464. The van der Waals surface area contributed by atoms with E-state index in [4.69, 9.17) is 4.74 Å². The third kappa shape index (κ3) is 4.03. The van der Waals surface area contributed by atoms with Crippen molar-refractivity contribution in [2.45, 2.75) is 69.9 Å². The normalized spacial score (nSPS) is 24.1. The molecule has 0 aliphatic carbocycles. The number of ether oxygens (including phenoxy) is 1. The number of morpholine rings is 1. The lowest BCUT2D eigenvalue weighted by Crippen LogP contribution is -2.49. The molecule has 3 aromatic rings. The molecule has 188 valence electrons. The van der Waals surface area contributed by atoms with Gasteiger partial charge in [0.15, 0.2) is 0 Å². The molecule has 2 bridgehead atoms. The lowest BCUT2D eigenvalue weighted by atomic mass is 9.93. The summed E-state index contributed by atoms with van der Waals surface area (Å²) in [5, 5.41) is 20.3. The number of aryl methyl sites for hydroxylation is 1. The maximum Gasteiger partial charge on any atom is 0.274 e. The molecule has 2 aromatic carbocycles.